The van der Waals surface area contributed by atoms with E-state index in [2.05, 4.69) is 10.2 Å². The number of hydrogen-bond donors (Lipinski definition) is 0. The third-order valence-corrected chi connectivity index (χ3v) is 7.17. The molecule has 1 aliphatic rings. The Morgan fingerprint density at radius 3 is 2.66 bits per heavy atom. The molecule has 10 heteroatoms. The van der Waals surface area contributed by atoms with Gasteiger partial charge in [0.1, 0.15) is 5.82 Å². The van der Waals surface area contributed by atoms with E-state index in [1.165, 1.54) is 28.2 Å². The van der Waals surface area contributed by atoms with Gasteiger partial charge in [-0.1, -0.05) is 36.0 Å². The lowest BCUT2D eigenvalue weighted by Gasteiger charge is -2.26. The van der Waals surface area contributed by atoms with Crippen LogP contribution >= 0.6 is 11.8 Å². The highest BCUT2D eigenvalue weighted by atomic mass is 32.2. The van der Waals surface area contributed by atoms with E-state index in [9.17, 15) is 12.8 Å². The second-order valence-electron chi connectivity index (χ2n) is 6.30. The molecule has 1 saturated heterocycles. The van der Waals surface area contributed by atoms with Gasteiger partial charge in [0.05, 0.1) is 18.1 Å². The Balaban J connectivity index is 1.51. The second kappa shape index (κ2) is 8.62. The van der Waals surface area contributed by atoms with Crippen molar-refractivity contribution in [1.29, 1.82) is 0 Å². The lowest BCUT2D eigenvalue weighted by Crippen LogP contribution is -2.40. The zero-order valence-corrected chi connectivity index (χ0v) is 17.0. The van der Waals surface area contributed by atoms with Crippen LogP contribution in [0.1, 0.15) is 5.56 Å². The lowest BCUT2D eigenvalue weighted by atomic mass is 10.2. The third-order valence-electron chi connectivity index (χ3n) is 4.40. The molecule has 3 aromatic rings. The average Bonchev–Trinajstić information content (AvgIpc) is 3.23. The zero-order valence-electron chi connectivity index (χ0n) is 15.3. The predicted octanol–water partition coefficient (Wildman–Crippen LogP) is 3.19. The van der Waals surface area contributed by atoms with Crippen LogP contribution in [0.5, 0.6) is 0 Å². The Labute approximate surface area is 171 Å². The fourth-order valence-electron chi connectivity index (χ4n) is 2.87. The number of morpholine rings is 1. The van der Waals surface area contributed by atoms with Crippen molar-refractivity contribution in [2.45, 2.75) is 15.9 Å². The van der Waals surface area contributed by atoms with Crippen LogP contribution in [0, 0.1) is 5.82 Å². The van der Waals surface area contributed by atoms with E-state index in [1.807, 2.05) is 0 Å². The van der Waals surface area contributed by atoms with Crippen molar-refractivity contribution >= 4 is 21.8 Å². The molecule has 1 aromatic heterocycles. The molecule has 0 unspecified atom stereocenters. The molecule has 7 nitrogen and oxygen atoms in total. The van der Waals surface area contributed by atoms with Gasteiger partial charge in [-0.15, -0.1) is 10.2 Å². The van der Waals surface area contributed by atoms with Crippen LogP contribution in [0.25, 0.3) is 11.5 Å². The summed E-state index contributed by atoms with van der Waals surface area (Å²) in [6, 6.07) is 12.9. The summed E-state index contributed by atoms with van der Waals surface area (Å²) >= 11 is 1.22. The smallest absolute Gasteiger partial charge is 0.277 e. The van der Waals surface area contributed by atoms with Crippen LogP contribution in [-0.4, -0.2) is 49.2 Å². The van der Waals surface area contributed by atoms with E-state index in [4.69, 9.17) is 9.15 Å². The van der Waals surface area contributed by atoms with Crippen molar-refractivity contribution < 1.29 is 22.0 Å². The maximum atomic E-state index is 13.7. The standard InChI is InChI=1S/C19H18FN3O4S2/c20-17-7-2-1-4-15(17)13-28-19-22-21-18(27-19)14-5-3-6-16(12-14)29(24,25)23-8-10-26-11-9-23/h1-7,12H,8-11,13H2. The largest absolute Gasteiger partial charge is 0.411 e. The first kappa shape index (κ1) is 20.0. The van der Waals surface area contributed by atoms with E-state index in [-0.39, 0.29) is 21.8 Å². The summed E-state index contributed by atoms with van der Waals surface area (Å²) in [5.41, 5.74) is 1.04. The van der Waals surface area contributed by atoms with Gasteiger partial charge >= 0.3 is 0 Å². The molecule has 152 valence electrons. The molecule has 0 bridgehead atoms. The van der Waals surface area contributed by atoms with Crippen molar-refractivity contribution in [3.05, 3.63) is 59.9 Å². The summed E-state index contributed by atoms with van der Waals surface area (Å²) in [5, 5.41) is 8.25. The Morgan fingerprint density at radius 2 is 1.86 bits per heavy atom. The molecule has 2 aromatic carbocycles. The maximum absolute atomic E-state index is 13.7. The molecule has 1 fully saturated rings. The highest BCUT2D eigenvalue weighted by Gasteiger charge is 2.26. The SMILES string of the molecule is O=S(=O)(c1cccc(-c2nnc(SCc3ccccc3F)o2)c1)N1CCOCC1. The van der Waals surface area contributed by atoms with Gasteiger partial charge in [-0.2, -0.15) is 4.31 Å². The van der Waals surface area contributed by atoms with Gasteiger partial charge in [0.15, 0.2) is 0 Å². The minimum Gasteiger partial charge on any atom is -0.411 e. The quantitative estimate of drug-likeness (QED) is 0.550. The molecule has 0 radical (unpaired) electrons. The summed E-state index contributed by atoms with van der Waals surface area (Å²) in [6.07, 6.45) is 0. The fraction of sp³-hybridized carbons (Fsp3) is 0.263. The monoisotopic (exact) mass is 435 g/mol. The topological polar surface area (TPSA) is 85.5 Å². The predicted molar refractivity (Wildman–Crippen MR) is 105 cm³/mol. The average molecular weight is 436 g/mol. The number of nitrogens with zero attached hydrogens (tertiary/aromatic N) is 3. The van der Waals surface area contributed by atoms with Crippen LogP contribution in [0.3, 0.4) is 0 Å². The second-order valence-corrected chi connectivity index (χ2v) is 9.16. The molecule has 29 heavy (non-hydrogen) atoms. The first-order valence-corrected chi connectivity index (χ1v) is 11.3. The number of hydrogen-bond acceptors (Lipinski definition) is 7. The van der Waals surface area contributed by atoms with Crippen molar-refractivity contribution in [2.24, 2.45) is 0 Å². The molecule has 0 N–H and O–H groups in total. The van der Waals surface area contributed by atoms with Crippen molar-refractivity contribution in [2.75, 3.05) is 26.3 Å². The van der Waals surface area contributed by atoms with Crippen LogP contribution in [0.15, 0.2) is 63.1 Å². The minimum absolute atomic E-state index is 0.163. The van der Waals surface area contributed by atoms with Gasteiger partial charge in [0.2, 0.25) is 15.9 Å². The molecule has 0 amide bonds. The number of sulfonamides is 1. The number of benzene rings is 2. The van der Waals surface area contributed by atoms with Gasteiger partial charge < -0.3 is 9.15 Å². The zero-order chi connectivity index (χ0) is 20.3. The van der Waals surface area contributed by atoms with E-state index in [0.29, 0.717) is 43.2 Å². The van der Waals surface area contributed by atoms with Crippen molar-refractivity contribution in [1.82, 2.24) is 14.5 Å². The molecule has 0 spiro atoms. The summed E-state index contributed by atoms with van der Waals surface area (Å²) in [4.78, 5) is 0.163. The fourth-order valence-corrected chi connectivity index (χ4v) is 5.07. The van der Waals surface area contributed by atoms with Gasteiger partial charge in [0.25, 0.3) is 5.22 Å². The summed E-state index contributed by atoms with van der Waals surface area (Å²) < 4.78 is 51.6. The molecule has 0 aliphatic carbocycles. The Kier molecular flexibility index (Phi) is 5.95. The highest BCUT2D eigenvalue weighted by Crippen LogP contribution is 2.28. The molecule has 0 saturated carbocycles. The number of aromatic nitrogens is 2. The molecule has 2 heterocycles. The Bertz CT molecular complexity index is 1100. The first-order valence-electron chi connectivity index (χ1n) is 8.92. The number of halogens is 1. The van der Waals surface area contributed by atoms with Crippen LogP contribution < -0.4 is 0 Å². The van der Waals surface area contributed by atoms with Crippen molar-refractivity contribution in [3.8, 4) is 11.5 Å². The maximum Gasteiger partial charge on any atom is 0.277 e. The Hall–Kier alpha value is -2.27. The molecular formula is C19H18FN3O4S2. The normalized spacial score (nSPS) is 15.5. The summed E-state index contributed by atoms with van der Waals surface area (Å²) in [6.45, 7) is 1.41. The van der Waals surface area contributed by atoms with Crippen LogP contribution in [0.2, 0.25) is 0 Å². The van der Waals surface area contributed by atoms with E-state index < -0.39 is 10.0 Å². The molecular weight excluding hydrogens is 417 g/mol. The van der Waals surface area contributed by atoms with Gasteiger partial charge in [-0.05, 0) is 29.8 Å². The van der Waals surface area contributed by atoms with Crippen LogP contribution in [0.4, 0.5) is 4.39 Å². The third kappa shape index (κ3) is 4.50. The van der Waals surface area contributed by atoms with Gasteiger partial charge in [-0.3, -0.25) is 0 Å². The van der Waals surface area contributed by atoms with E-state index in [0.717, 1.165) is 0 Å². The molecule has 4 rings (SSSR count). The number of thioether (sulfide) groups is 1. The lowest BCUT2D eigenvalue weighted by molar-refractivity contribution is 0.0730. The number of rotatable bonds is 6. The minimum atomic E-state index is -3.62. The van der Waals surface area contributed by atoms with Crippen molar-refractivity contribution in [3.63, 3.8) is 0 Å². The summed E-state index contributed by atoms with van der Waals surface area (Å²) in [5.74, 6) is 0.264. The van der Waals surface area contributed by atoms with E-state index in [1.54, 1.807) is 36.4 Å². The van der Waals surface area contributed by atoms with Crippen LogP contribution in [-0.2, 0) is 20.5 Å². The number of ether oxygens (including phenoxy) is 1. The summed E-state index contributed by atoms with van der Waals surface area (Å²) in [7, 11) is -3.62. The Morgan fingerprint density at radius 1 is 1.07 bits per heavy atom. The molecule has 0 atom stereocenters. The highest BCUT2D eigenvalue weighted by molar-refractivity contribution is 7.98. The van der Waals surface area contributed by atoms with E-state index >= 15 is 0 Å². The molecule has 1 aliphatic heterocycles. The van der Waals surface area contributed by atoms with Gasteiger partial charge in [-0.25, -0.2) is 12.8 Å². The van der Waals surface area contributed by atoms with Gasteiger partial charge in [0, 0.05) is 24.4 Å². The first-order chi connectivity index (χ1) is 14.0.